The van der Waals surface area contributed by atoms with Crippen LogP contribution in [-0.2, 0) is 0 Å². The zero-order valence-electron chi connectivity index (χ0n) is 38.2. The molecule has 0 radical (unpaired) electrons. The zero-order chi connectivity index (χ0) is 43.2. The van der Waals surface area contributed by atoms with Crippen molar-refractivity contribution in [1.29, 1.82) is 0 Å². The Bertz CT molecular complexity index is 3340. The Kier molecular flexibility index (Phi) is 4.29. The molecule has 9 rings (SSSR count). The minimum atomic E-state index is -0.710. The molecule has 0 aliphatic rings. The summed E-state index contributed by atoms with van der Waals surface area (Å²) in [7, 11) is 0. The van der Waals surface area contributed by atoms with E-state index in [-0.39, 0.29) is 33.2 Å². The molecule has 0 spiro atoms. The Labute approximate surface area is 297 Å². The van der Waals surface area contributed by atoms with E-state index in [0.717, 1.165) is 21.9 Å². The van der Waals surface area contributed by atoms with E-state index in [9.17, 15) is 6.85 Å². The van der Waals surface area contributed by atoms with Crippen molar-refractivity contribution in [2.75, 3.05) is 0 Å². The summed E-state index contributed by atoms with van der Waals surface area (Å²) >= 11 is 0. The van der Waals surface area contributed by atoms with E-state index in [1.807, 2.05) is 97.1 Å². The summed E-state index contributed by atoms with van der Waals surface area (Å²) in [6.07, 6.45) is 0. The Morgan fingerprint density at radius 1 is 0.375 bits per heavy atom. The van der Waals surface area contributed by atoms with E-state index in [1.54, 1.807) is 6.07 Å². The third-order valence-electron chi connectivity index (χ3n) is 8.30. The summed E-state index contributed by atoms with van der Waals surface area (Å²) in [6.45, 7) is 0. The Morgan fingerprint density at radius 2 is 0.938 bits per heavy atom. The molecule has 0 saturated heterocycles. The molecular weight excluding hydrogens is 581 g/mol. The molecule has 48 heavy (non-hydrogen) atoms. The predicted octanol–water partition coefficient (Wildman–Crippen LogP) is 12.3. The Balaban J connectivity index is 1.41. The van der Waals surface area contributed by atoms with Crippen molar-refractivity contribution < 1.29 is 17.8 Å². The van der Waals surface area contributed by atoms with Gasteiger partial charge in [0.1, 0.15) is 0 Å². The average molecular weight is 624 g/mol. The lowest BCUT2D eigenvalue weighted by atomic mass is 9.91. The van der Waals surface area contributed by atoms with Crippen LogP contribution in [0.5, 0.6) is 0 Å². The van der Waals surface area contributed by atoms with Gasteiger partial charge in [0.25, 0.3) is 0 Å². The molecule has 0 atom stereocenters. The van der Waals surface area contributed by atoms with Crippen molar-refractivity contribution in [2.24, 2.45) is 0 Å². The zero-order valence-corrected chi connectivity index (χ0v) is 25.2. The van der Waals surface area contributed by atoms with Gasteiger partial charge in [-0.25, -0.2) is 9.97 Å². The van der Waals surface area contributed by atoms with Crippen LogP contribution >= 0.6 is 0 Å². The fraction of sp³-hybridized carbons (Fsp3) is 0. The second-order valence-electron chi connectivity index (χ2n) is 11.2. The number of hydrogen-bond acceptors (Lipinski definition) is 2. The van der Waals surface area contributed by atoms with E-state index in [4.69, 9.17) is 20.9 Å². The van der Waals surface area contributed by atoms with Crippen molar-refractivity contribution in [3.63, 3.8) is 0 Å². The fourth-order valence-corrected chi connectivity index (χ4v) is 6.04. The highest BCUT2D eigenvalue weighted by Crippen LogP contribution is 2.40. The first-order chi connectivity index (χ1) is 29.2. The molecule has 0 aliphatic heterocycles. The highest BCUT2D eigenvalue weighted by molar-refractivity contribution is 6.07. The number of rotatable bonds is 5. The van der Waals surface area contributed by atoms with Gasteiger partial charge in [-0.1, -0.05) is 170 Å². The van der Waals surface area contributed by atoms with E-state index in [2.05, 4.69) is 0 Å². The quantitative estimate of drug-likeness (QED) is 0.191. The largest absolute Gasteiger partial charge is 0.228 e. The van der Waals surface area contributed by atoms with Gasteiger partial charge >= 0.3 is 0 Å². The monoisotopic (exact) mass is 623 g/mol. The predicted molar refractivity (Wildman–Crippen MR) is 202 cm³/mol. The topological polar surface area (TPSA) is 25.8 Å². The first-order valence-electron chi connectivity index (χ1n) is 21.8. The van der Waals surface area contributed by atoms with Crippen LogP contribution in [-0.4, -0.2) is 9.97 Å². The van der Waals surface area contributed by atoms with Crippen molar-refractivity contribution in [2.45, 2.75) is 0 Å². The van der Waals surface area contributed by atoms with Gasteiger partial charge in [-0.15, -0.1) is 0 Å². The summed E-state index contributed by atoms with van der Waals surface area (Å²) in [5.41, 5.74) is 2.76. The van der Waals surface area contributed by atoms with E-state index in [1.165, 1.54) is 0 Å². The lowest BCUT2D eigenvalue weighted by molar-refractivity contribution is 1.19. The lowest BCUT2D eigenvalue weighted by Gasteiger charge is -2.15. The summed E-state index contributed by atoms with van der Waals surface area (Å²) in [6, 6.07) is 24.0. The average Bonchev–Trinajstić information content (AvgIpc) is 3.28. The van der Waals surface area contributed by atoms with Crippen molar-refractivity contribution >= 4 is 32.3 Å². The summed E-state index contributed by atoms with van der Waals surface area (Å²) in [4.78, 5) is 9.90. The van der Waals surface area contributed by atoms with Gasteiger partial charge in [-0.3, -0.25) is 0 Å². The summed E-state index contributed by atoms with van der Waals surface area (Å²) in [5, 5.41) is 0.477. The first kappa shape index (κ1) is 17.5. The van der Waals surface area contributed by atoms with Crippen LogP contribution in [0.1, 0.15) is 17.8 Å². The lowest BCUT2D eigenvalue weighted by Crippen LogP contribution is -1.97. The van der Waals surface area contributed by atoms with Crippen molar-refractivity contribution in [3.05, 3.63) is 182 Å². The maximum Gasteiger partial charge on any atom is 0.160 e. The second-order valence-corrected chi connectivity index (χ2v) is 11.2. The molecule has 1 aromatic heterocycles. The van der Waals surface area contributed by atoms with E-state index in [0.29, 0.717) is 16.8 Å². The van der Waals surface area contributed by atoms with Crippen LogP contribution in [0.4, 0.5) is 0 Å². The van der Waals surface area contributed by atoms with Gasteiger partial charge < -0.3 is 0 Å². The van der Waals surface area contributed by atoms with E-state index >= 15 is 0 Å². The molecule has 0 saturated carbocycles. The van der Waals surface area contributed by atoms with E-state index < -0.39 is 95.1 Å². The highest BCUT2D eigenvalue weighted by atomic mass is 14.9. The van der Waals surface area contributed by atoms with Gasteiger partial charge in [-0.2, -0.15) is 0 Å². The Hall–Kier alpha value is -6.38. The number of hydrogen-bond donors (Lipinski definition) is 0. The van der Waals surface area contributed by atoms with Crippen LogP contribution < -0.4 is 0 Å². The van der Waals surface area contributed by atoms with Crippen LogP contribution in [0, 0.1) is 0 Å². The van der Waals surface area contributed by atoms with Crippen LogP contribution in [0.25, 0.3) is 88.5 Å². The van der Waals surface area contributed by atoms with Crippen LogP contribution in [0.15, 0.2) is 182 Å². The normalized spacial score (nSPS) is 15.1. The molecule has 9 aromatic rings. The molecule has 0 amide bonds. The number of fused-ring (bicyclic) bond motifs is 3. The van der Waals surface area contributed by atoms with Crippen molar-refractivity contribution in [3.8, 4) is 56.2 Å². The van der Waals surface area contributed by atoms with Gasteiger partial charge in [0.15, 0.2) is 5.82 Å². The third kappa shape index (κ3) is 4.92. The summed E-state index contributed by atoms with van der Waals surface area (Å²) < 4.78 is 116. The molecule has 2 heteroatoms. The molecule has 0 N–H and O–H groups in total. The highest BCUT2D eigenvalue weighted by Gasteiger charge is 2.17. The summed E-state index contributed by atoms with van der Waals surface area (Å²) in [5.74, 6) is 0.234. The standard InChI is InChI=1S/C46H30N2/c1-3-14-32(15-4-1)36-25-27-42(40-21-11-9-19-38(36)40)44-30-45(48-46(47-44)33-16-5-2-6-17-33)43-28-26-37(39-20-10-12-22-41(39)43)35-24-23-31-13-7-8-18-34(31)29-35/h1-30H/i7D,8D,10D,12D,13D,18D,20D,22D,23D,24D,26D,28D,29D. The molecule has 224 valence electrons. The first-order valence-corrected chi connectivity index (χ1v) is 15.3. The SMILES string of the molecule is [2H]c1c([2H])c([2H])c2c([2H])c(-c3c([2H])c([2H])c(-c4cc(-c5ccc(-c6ccccc6)c6ccccc56)nc(-c5ccccc5)n4)c4c([2H])c([2H])c([2H])c([2H])c34)c([2H])c([2H])c2c1[2H]. The van der Waals surface area contributed by atoms with Gasteiger partial charge in [-0.05, 0) is 66.7 Å². The second kappa shape index (κ2) is 11.8. The molecule has 8 aromatic carbocycles. The van der Waals surface area contributed by atoms with Crippen LogP contribution in [0.3, 0.4) is 0 Å². The Morgan fingerprint density at radius 3 is 1.69 bits per heavy atom. The van der Waals surface area contributed by atoms with Gasteiger partial charge in [0, 0.05) is 16.7 Å². The number of nitrogens with zero attached hydrogens (tertiary/aromatic N) is 2. The molecule has 0 unspecified atom stereocenters. The molecule has 1 heterocycles. The maximum absolute atomic E-state index is 9.61. The maximum atomic E-state index is 9.61. The van der Waals surface area contributed by atoms with Crippen molar-refractivity contribution in [1.82, 2.24) is 9.97 Å². The van der Waals surface area contributed by atoms with Gasteiger partial charge in [0.05, 0.1) is 29.2 Å². The third-order valence-corrected chi connectivity index (χ3v) is 8.30. The minimum absolute atomic E-state index is 0.0613. The molecule has 0 fully saturated rings. The fourth-order valence-electron chi connectivity index (χ4n) is 6.04. The molecule has 0 aliphatic carbocycles. The molecular formula is C46H30N2. The minimum Gasteiger partial charge on any atom is -0.228 e. The molecule has 2 nitrogen and oxygen atoms in total. The van der Waals surface area contributed by atoms with Crippen LogP contribution in [0.2, 0.25) is 0 Å². The number of aromatic nitrogens is 2. The van der Waals surface area contributed by atoms with Gasteiger partial charge in [0.2, 0.25) is 0 Å². The number of benzene rings is 8. The molecule has 0 bridgehead atoms. The smallest absolute Gasteiger partial charge is 0.160 e.